The maximum absolute atomic E-state index is 12.2. The Kier molecular flexibility index (Phi) is 4.04. The summed E-state index contributed by atoms with van der Waals surface area (Å²) < 4.78 is 31.3. The predicted molar refractivity (Wildman–Crippen MR) is 69.0 cm³/mol. The van der Waals surface area contributed by atoms with Gasteiger partial charge in [-0.05, 0) is 39.5 Å². The van der Waals surface area contributed by atoms with Gasteiger partial charge in [-0.25, -0.2) is 0 Å². The van der Waals surface area contributed by atoms with Gasteiger partial charge in [0.15, 0.2) is 0 Å². The van der Waals surface area contributed by atoms with Gasteiger partial charge in [0.1, 0.15) is 11.1 Å². The van der Waals surface area contributed by atoms with E-state index in [0.29, 0.717) is 0 Å². The van der Waals surface area contributed by atoms with E-state index >= 15 is 0 Å². The summed E-state index contributed by atoms with van der Waals surface area (Å²) in [4.78, 5) is 25.2. The molecule has 110 valence electrons. The van der Waals surface area contributed by atoms with Crippen molar-refractivity contribution in [1.29, 1.82) is 0 Å². The maximum atomic E-state index is 12.2. The maximum Gasteiger partial charge on any atom is 0.266 e. The number of hydrogen-bond donors (Lipinski definition) is 1. The molecule has 19 heavy (non-hydrogen) atoms. The summed E-state index contributed by atoms with van der Waals surface area (Å²) in [6.07, 6.45) is 0. The van der Waals surface area contributed by atoms with Crippen molar-refractivity contribution < 1.29 is 22.6 Å². The van der Waals surface area contributed by atoms with Gasteiger partial charge in [0.05, 0.1) is 5.75 Å². The lowest BCUT2D eigenvalue weighted by atomic mass is 9.89. The average molecular weight is 313 g/mol. The van der Waals surface area contributed by atoms with Crippen LogP contribution in [0.5, 0.6) is 0 Å². The molecule has 0 aromatic rings. The SMILES string of the molecule is CC1(C)C(=O)N(CCS(=O)(=O)O)C(=O)C(C)(C)N1Cl. The molecule has 2 amide bonds. The van der Waals surface area contributed by atoms with Gasteiger partial charge in [-0.1, -0.05) is 0 Å². The van der Waals surface area contributed by atoms with Crippen molar-refractivity contribution in [2.45, 2.75) is 38.8 Å². The summed E-state index contributed by atoms with van der Waals surface area (Å²) in [6, 6.07) is 0. The highest BCUT2D eigenvalue weighted by molar-refractivity contribution is 7.85. The second-order valence-corrected chi connectivity index (χ2v) is 7.36. The van der Waals surface area contributed by atoms with E-state index in [1.165, 1.54) is 27.7 Å². The second-order valence-electron chi connectivity index (χ2n) is 5.45. The molecule has 1 aliphatic heterocycles. The Morgan fingerprint density at radius 2 is 1.47 bits per heavy atom. The largest absolute Gasteiger partial charge is 0.285 e. The van der Waals surface area contributed by atoms with Gasteiger partial charge in [-0.3, -0.25) is 19.0 Å². The van der Waals surface area contributed by atoms with E-state index in [4.69, 9.17) is 16.3 Å². The van der Waals surface area contributed by atoms with Crippen molar-refractivity contribution >= 4 is 33.7 Å². The summed E-state index contributed by atoms with van der Waals surface area (Å²) >= 11 is 6.04. The average Bonchev–Trinajstić information content (AvgIpc) is 2.24. The van der Waals surface area contributed by atoms with Crippen molar-refractivity contribution in [3.05, 3.63) is 0 Å². The summed E-state index contributed by atoms with van der Waals surface area (Å²) in [6.45, 7) is 5.76. The second kappa shape index (κ2) is 4.69. The molecule has 1 fully saturated rings. The molecule has 0 aromatic heterocycles. The fraction of sp³-hybridized carbons (Fsp3) is 0.800. The standard InChI is InChI=1S/C10H17ClN2O5S/c1-9(2)7(14)12(5-6-19(16,17)18)8(15)10(3,4)13(9)11/h5-6H2,1-4H3,(H,16,17,18). The summed E-state index contributed by atoms with van der Waals surface area (Å²) in [5.74, 6) is -1.90. The highest BCUT2D eigenvalue weighted by atomic mass is 35.5. The zero-order chi connectivity index (χ0) is 15.2. The number of nitrogens with zero attached hydrogens (tertiary/aromatic N) is 2. The molecular formula is C10H17ClN2O5S. The fourth-order valence-corrected chi connectivity index (χ4v) is 2.59. The van der Waals surface area contributed by atoms with E-state index in [0.717, 1.165) is 9.32 Å². The Labute approximate surface area is 117 Å². The summed E-state index contributed by atoms with van der Waals surface area (Å²) in [5.41, 5.74) is -2.31. The highest BCUT2D eigenvalue weighted by Gasteiger charge is 2.55. The first kappa shape index (κ1) is 16.4. The van der Waals surface area contributed by atoms with Crippen LogP contribution in [-0.4, -0.2) is 57.5 Å². The zero-order valence-corrected chi connectivity index (χ0v) is 12.7. The van der Waals surface area contributed by atoms with Crippen LogP contribution in [0.25, 0.3) is 0 Å². The fourth-order valence-electron chi connectivity index (χ4n) is 2.03. The molecule has 7 nitrogen and oxygen atoms in total. The Hall–Kier alpha value is -0.700. The number of halogens is 1. The van der Waals surface area contributed by atoms with Crippen LogP contribution >= 0.6 is 11.8 Å². The molecule has 0 atom stereocenters. The molecule has 1 saturated heterocycles. The highest BCUT2D eigenvalue weighted by Crippen LogP contribution is 2.35. The smallest absolute Gasteiger partial charge is 0.266 e. The molecule has 0 aromatic carbocycles. The summed E-state index contributed by atoms with van der Waals surface area (Å²) in [5, 5.41) is 0. The third kappa shape index (κ3) is 2.91. The molecule has 0 saturated carbocycles. The van der Waals surface area contributed by atoms with Crippen molar-refractivity contribution in [3.8, 4) is 0 Å². The molecule has 0 radical (unpaired) electrons. The van der Waals surface area contributed by atoms with E-state index in [2.05, 4.69) is 0 Å². The van der Waals surface area contributed by atoms with Gasteiger partial charge >= 0.3 is 0 Å². The molecule has 1 N–H and O–H groups in total. The Bertz CT molecular complexity index is 486. The van der Waals surface area contributed by atoms with Gasteiger partial charge in [0.2, 0.25) is 0 Å². The molecule has 1 heterocycles. The number of carbonyl (C=O) groups is 2. The van der Waals surface area contributed by atoms with Gasteiger partial charge in [-0.15, -0.1) is 0 Å². The van der Waals surface area contributed by atoms with Crippen LogP contribution in [-0.2, 0) is 19.7 Å². The van der Waals surface area contributed by atoms with Gasteiger partial charge in [0.25, 0.3) is 21.9 Å². The van der Waals surface area contributed by atoms with Crippen LogP contribution in [0.15, 0.2) is 0 Å². The van der Waals surface area contributed by atoms with Crippen LogP contribution < -0.4 is 0 Å². The third-order valence-electron chi connectivity index (χ3n) is 3.09. The number of piperazine rings is 1. The number of hydrogen-bond acceptors (Lipinski definition) is 5. The number of carbonyl (C=O) groups excluding carboxylic acids is 2. The van der Waals surface area contributed by atoms with E-state index in [9.17, 15) is 18.0 Å². The van der Waals surface area contributed by atoms with Crippen LogP contribution in [0.4, 0.5) is 0 Å². The minimum Gasteiger partial charge on any atom is -0.285 e. The predicted octanol–water partition coefficient (Wildman–Crippen LogP) is 0.256. The van der Waals surface area contributed by atoms with E-state index < -0.39 is 45.3 Å². The molecule has 9 heteroatoms. The molecule has 0 spiro atoms. The van der Waals surface area contributed by atoms with Gasteiger partial charge < -0.3 is 0 Å². The Morgan fingerprint density at radius 1 is 1.11 bits per heavy atom. The Morgan fingerprint density at radius 3 is 1.79 bits per heavy atom. The van der Waals surface area contributed by atoms with Crippen LogP contribution in [0.1, 0.15) is 27.7 Å². The molecular weight excluding hydrogens is 296 g/mol. The van der Waals surface area contributed by atoms with E-state index in [1.807, 2.05) is 0 Å². The Balaban J connectivity index is 3.11. The van der Waals surface area contributed by atoms with E-state index in [1.54, 1.807) is 0 Å². The molecule has 1 rings (SSSR count). The molecule has 0 bridgehead atoms. The molecule has 1 aliphatic rings. The lowest BCUT2D eigenvalue weighted by Crippen LogP contribution is -2.71. The van der Waals surface area contributed by atoms with Crippen molar-refractivity contribution in [3.63, 3.8) is 0 Å². The van der Waals surface area contributed by atoms with Crippen molar-refractivity contribution in [2.75, 3.05) is 12.3 Å². The third-order valence-corrected chi connectivity index (χ3v) is 4.64. The van der Waals surface area contributed by atoms with Crippen molar-refractivity contribution in [1.82, 2.24) is 9.32 Å². The minimum absolute atomic E-state index is 0.395. The zero-order valence-electron chi connectivity index (χ0n) is 11.2. The lowest BCUT2D eigenvalue weighted by Gasteiger charge is -2.49. The normalized spacial score (nSPS) is 23.8. The van der Waals surface area contributed by atoms with Gasteiger partial charge in [0, 0.05) is 6.54 Å². The van der Waals surface area contributed by atoms with Crippen LogP contribution in [0.3, 0.4) is 0 Å². The van der Waals surface area contributed by atoms with E-state index in [-0.39, 0.29) is 0 Å². The topological polar surface area (TPSA) is 95.0 Å². The first-order valence-corrected chi connectivity index (χ1v) is 7.54. The first-order chi connectivity index (χ1) is 8.32. The first-order valence-electron chi connectivity index (χ1n) is 5.59. The number of rotatable bonds is 3. The summed E-state index contributed by atoms with van der Waals surface area (Å²) in [7, 11) is -4.25. The van der Waals surface area contributed by atoms with Crippen molar-refractivity contribution in [2.24, 2.45) is 0 Å². The number of imide groups is 1. The quantitative estimate of drug-likeness (QED) is 0.456. The minimum atomic E-state index is -4.25. The van der Waals surface area contributed by atoms with Gasteiger partial charge in [-0.2, -0.15) is 12.8 Å². The monoisotopic (exact) mass is 312 g/mol. The molecule has 0 unspecified atom stereocenters. The lowest BCUT2D eigenvalue weighted by molar-refractivity contribution is -0.166. The van der Waals surface area contributed by atoms with Crippen LogP contribution in [0, 0.1) is 0 Å². The molecule has 0 aliphatic carbocycles. The van der Waals surface area contributed by atoms with Crippen LogP contribution in [0.2, 0.25) is 0 Å². The number of amides is 2.